The molecule has 0 fully saturated rings. The zero-order valence-electron chi connectivity index (χ0n) is 16.3. The Bertz CT molecular complexity index is 1190. The SMILES string of the molecule is CC(C)(C)C(=O)OCn1ccc2c(OCn3ccc4c(Cl)ncnc43)nccc21. The standard InChI is InChI=1S/C20H20ClN5O3/c1-20(2,3)19(27)29-11-25-8-5-13-15(25)4-7-22-18(13)28-12-26-9-6-14-16(21)23-10-24-17(14)26/h4-10H,11-12H2,1-3H3. The van der Waals surface area contributed by atoms with Crippen molar-refractivity contribution in [3.8, 4) is 5.88 Å². The van der Waals surface area contributed by atoms with Crippen molar-refractivity contribution < 1.29 is 14.3 Å². The average Bonchev–Trinajstić information content (AvgIpc) is 3.29. The van der Waals surface area contributed by atoms with Crippen LogP contribution >= 0.6 is 11.6 Å². The highest BCUT2D eigenvalue weighted by Gasteiger charge is 2.23. The fourth-order valence-electron chi connectivity index (χ4n) is 2.88. The minimum absolute atomic E-state index is 0.126. The van der Waals surface area contributed by atoms with E-state index in [0.717, 1.165) is 16.3 Å². The number of hydrogen-bond donors (Lipinski definition) is 0. The number of hydrogen-bond acceptors (Lipinski definition) is 6. The number of carbonyl (C=O) groups is 1. The predicted octanol–water partition coefficient (Wildman–Crippen LogP) is 4.02. The van der Waals surface area contributed by atoms with Gasteiger partial charge in [-0.2, -0.15) is 0 Å². The summed E-state index contributed by atoms with van der Waals surface area (Å²) >= 11 is 6.09. The van der Waals surface area contributed by atoms with Crippen molar-refractivity contribution in [1.82, 2.24) is 24.1 Å². The summed E-state index contributed by atoms with van der Waals surface area (Å²) in [6.07, 6.45) is 6.75. The summed E-state index contributed by atoms with van der Waals surface area (Å²) in [5, 5.41) is 1.98. The zero-order valence-corrected chi connectivity index (χ0v) is 17.1. The predicted molar refractivity (Wildman–Crippen MR) is 108 cm³/mol. The van der Waals surface area contributed by atoms with Gasteiger partial charge in [0.2, 0.25) is 5.88 Å². The highest BCUT2D eigenvalue weighted by atomic mass is 35.5. The molecule has 29 heavy (non-hydrogen) atoms. The molecule has 0 aliphatic heterocycles. The molecule has 0 bridgehead atoms. The summed E-state index contributed by atoms with van der Waals surface area (Å²) in [6.45, 7) is 5.81. The van der Waals surface area contributed by atoms with Gasteiger partial charge in [-0.25, -0.2) is 15.0 Å². The largest absolute Gasteiger partial charge is 0.455 e. The van der Waals surface area contributed by atoms with Gasteiger partial charge in [0.15, 0.2) is 13.5 Å². The molecule has 150 valence electrons. The normalized spacial score (nSPS) is 11.9. The van der Waals surface area contributed by atoms with Crippen LogP contribution in [-0.2, 0) is 23.0 Å². The molecule has 0 radical (unpaired) electrons. The van der Waals surface area contributed by atoms with Crippen LogP contribution in [0.2, 0.25) is 5.15 Å². The number of nitrogens with zero attached hydrogens (tertiary/aromatic N) is 5. The first-order valence-electron chi connectivity index (χ1n) is 9.04. The second-order valence-electron chi connectivity index (χ2n) is 7.61. The maximum absolute atomic E-state index is 12.0. The van der Waals surface area contributed by atoms with Crippen molar-refractivity contribution in [2.75, 3.05) is 0 Å². The van der Waals surface area contributed by atoms with Crippen LogP contribution in [0.25, 0.3) is 21.9 Å². The molecular weight excluding hydrogens is 394 g/mol. The van der Waals surface area contributed by atoms with E-state index in [4.69, 9.17) is 21.1 Å². The van der Waals surface area contributed by atoms with Gasteiger partial charge in [-0.15, -0.1) is 0 Å². The van der Waals surface area contributed by atoms with Crippen LogP contribution in [-0.4, -0.2) is 30.1 Å². The number of fused-ring (bicyclic) bond motifs is 2. The fraction of sp³-hybridized carbons (Fsp3) is 0.300. The van der Waals surface area contributed by atoms with Crippen LogP contribution in [0.5, 0.6) is 5.88 Å². The first-order valence-corrected chi connectivity index (χ1v) is 9.41. The molecule has 0 spiro atoms. The number of rotatable bonds is 5. The lowest BCUT2D eigenvalue weighted by Crippen LogP contribution is -2.23. The van der Waals surface area contributed by atoms with Gasteiger partial charge in [0.25, 0.3) is 0 Å². The Morgan fingerprint density at radius 1 is 1.03 bits per heavy atom. The number of esters is 1. The molecule has 4 aromatic rings. The first kappa shape index (κ1) is 19.2. The van der Waals surface area contributed by atoms with Gasteiger partial charge < -0.3 is 14.0 Å². The molecular formula is C20H20ClN5O3. The fourth-order valence-corrected chi connectivity index (χ4v) is 3.07. The smallest absolute Gasteiger partial charge is 0.312 e. The van der Waals surface area contributed by atoms with Crippen LogP contribution < -0.4 is 4.74 Å². The van der Waals surface area contributed by atoms with Crippen LogP contribution in [0.15, 0.2) is 43.1 Å². The maximum atomic E-state index is 12.0. The lowest BCUT2D eigenvalue weighted by Gasteiger charge is -2.17. The van der Waals surface area contributed by atoms with Gasteiger partial charge in [0, 0.05) is 18.6 Å². The molecule has 0 aliphatic carbocycles. The zero-order chi connectivity index (χ0) is 20.6. The Hall–Kier alpha value is -3.13. The maximum Gasteiger partial charge on any atom is 0.312 e. The Morgan fingerprint density at radius 3 is 2.59 bits per heavy atom. The van der Waals surface area contributed by atoms with Crippen molar-refractivity contribution in [3.05, 3.63) is 48.3 Å². The van der Waals surface area contributed by atoms with Gasteiger partial charge in [0.05, 0.1) is 21.7 Å². The summed E-state index contributed by atoms with van der Waals surface area (Å²) in [7, 11) is 0. The lowest BCUT2D eigenvalue weighted by molar-refractivity contribution is -0.156. The van der Waals surface area contributed by atoms with E-state index in [9.17, 15) is 4.79 Å². The summed E-state index contributed by atoms with van der Waals surface area (Å²) < 4.78 is 15.0. The van der Waals surface area contributed by atoms with Crippen LogP contribution in [0, 0.1) is 5.41 Å². The van der Waals surface area contributed by atoms with E-state index in [1.54, 1.807) is 6.20 Å². The van der Waals surface area contributed by atoms with Crippen molar-refractivity contribution >= 4 is 39.5 Å². The van der Waals surface area contributed by atoms with Crippen LogP contribution in [0.1, 0.15) is 20.8 Å². The first-order chi connectivity index (χ1) is 13.8. The van der Waals surface area contributed by atoms with Crippen LogP contribution in [0.4, 0.5) is 0 Å². The van der Waals surface area contributed by atoms with E-state index in [-0.39, 0.29) is 19.4 Å². The molecule has 0 aromatic carbocycles. The second kappa shape index (κ2) is 7.36. The molecule has 0 saturated carbocycles. The summed E-state index contributed by atoms with van der Waals surface area (Å²) in [5.74, 6) is 0.218. The molecule has 4 heterocycles. The van der Waals surface area contributed by atoms with Crippen molar-refractivity contribution in [3.63, 3.8) is 0 Å². The van der Waals surface area contributed by atoms with E-state index in [0.29, 0.717) is 16.7 Å². The average molecular weight is 414 g/mol. The van der Waals surface area contributed by atoms with E-state index in [1.807, 2.05) is 60.5 Å². The highest BCUT2D eigenvalue weighted by Crippen LogP contribution is 2.26. The molecule has 9 heteroatoms. The van der Waals surface area contributed by atoms with E-state index >= 15 is 0 Å². The number of pyridine rings is 1. The topological polar surface area (TPSA) is 84.1 Å². The highest BCUT2D eigenvalue weighted by molar-refractivity contribution is 6.33. The molecule has 0 saturated heterocycles. The molecule has 0 atom stereocenters. The number of halogens is 1. The second-order valence-corrected chi connectivity index (χ2v) is 7.96. The van der Waals surface area contributed by atoms with Gasteiger partial charge >= 0.3 is 5.97 Å². The van der Waals surface area contributed by atoms with Crippen molar-refractivity contribution in [1.29, 1.82) is 0 Å². The van der Waals surface area contributed by atoms with E-state index in [1.165, 1.54) is 6.33 Å². The number of carbonyl (C=O) groups excluding carboxylic acids is 1. The third kappa shape index (κ3) is 3.75. The molecule has 8 nitrogen and oxygen atoms in total. The summed E-state index contributed by atoms with van der Waals surface area (Å²) in [5.41, 5.74) is 0.994. The molecule has 0 aliphatic rings. The molecule has 4 rings (SSSR count). The third-order valence-corrected chi connectivity index (χ3v) is 4.76. The van der Waals surface area contributed by atoms with E-state index < -0.39 is 5.41 Å². The monoisotopic (exact) mass is 413 g/mol. The van der Waals surface area contributed by atoms with Gasteiger partial charge in [-0.1, -0.05) is 11.6 Å². The van der Waals surface area contributed by atoms with Gasteiger partial charge in [0.1, 0.15) is 17.1 Å². The van der Waals surface area contributed by atoms with Crippen molar-refractivity contribution in [2.45, 2.75) is 34.2 Å². The molecule has 0 unspecified atom stereocenters. The van der Waals surface area contributed by atoms with Gasteiger partial charge in [-0.3, -0.25) is 9.36 Å². The van der Waals surface area contributed by atoms with Crippen LogP contribution in [0.3, 0.4) is 0 Å². The molecule has 0 N–H and O–H groups in total. The Kier molecular flexibility index (Phi) is 4.87. The Balaban J connectivity index is 1.53. The number of ether oxygens (including phenoxy) is 2. The number of aromatic nitrogens is 5. The minimum Gasteiger partial charge on any atom is -0.455 e. The summed E-state index contributed by atoms with van der Waals surface area (Å²) in [6, 6.07) is 5.58. The molecule has 0 amide bonds. The van der Waals surface area contributed by atoms with Crippen molar-refractivity contribution in [2.24, 2.45) is 5.41 Å². The summed E-state index contributed by atoms with van der Waals surface area (Å²) in [4.78, 5) is 24.6. The lowest BCUT2D eigenvalue weighted by atomic mass is 9.98. The quantitative estimate of drug-likeness (QED) is 0.363. The Labute approximate surface area is 172 Å². The minimum atomic E-state index is -0.551. The van der Waals surface area contributed by atoms with Gasteiger partial charge in [-0.05, 0) is 39.0 Å². The Morgan fingerprint density at radius 2 is 1.79 bits per heavy atom. The molecule has 4 aromatic heterocycles. The third-order valence-electron chi connectivity index (χ3n) is 4.46. The van der Waals surface area contributed by atoms with E-state index in [2.05, 4.69) is 15.0 Å².